The molecule has 0 aliphatic carbocycles. The van der Waals surface area contributed by atoms with Crippen LogP contribution in [-0.2, 0) is 14.6 Å². The zero-order valence-corrected chi connectivity index (χ0v) is 8.44. The maximum Gasteiger partial charge on any atom is 1.00 e. The van der Waals surface area contributed by atoms with Crippen LogP contribution in [0.2, 0.25) is 0 Å². The molecule has 0 saturated heterocycles. The maximum absolute atomic E-state index is 9.66. The predicted octanol–water partition coefficient (Wildman–Crippen LogP) is -2.84. The van der Waals surface area contributed by atoms with Crippen molar-refractivity contribution in [3.05, 3.63) is 0 Å². The minimum atomic E-state index is -4.27. The molecule has 0 heterocycles. The van der Waals surface area contributed by atoms with Crippen molar-refractivity contribution in [2.45, 2.75) is 0 Å². The first kappa shape index (κ1) is 12.8. The molecule has 52 valence electrons. The van der Waals surface area contributed by atoms with Crippen LogP contribution in [-0.4, -0.2) is 25.5 Å². The summed E-state index contributed by atoms with van der Waals surface area (Å²) in [5.74, 6) is 0.0415. The molecule has 0 aromatic rings. The van der Waals surface area contributed by atoms with Crippen molar-refractivity contribution < 1.29 is 48.1 Å². The minimum absolute atomic E-state index is 0. The smallest absolute Gasteiger partial charge is 1.00 e. The Morgan fingerprint density at radius 3 is 2.22 bits per heavy atom. The van der Waals surface area contributed by atoms with E-state index < -0.39 is 10.4 Å². The molecule has 0 radical (unpaired) electrons. The molecule has 0 aliphatic rings. The quantitative estimate of drug-likeness (QED) is 0.292. The summed E-state index contributed by atoms with van der Waals surface area (Å²) in [4.78, 5) is 0. The number of hydrogen-bond donors (Lipinski definition) is 1. The molecule has 0 aromatic heterocycles. The summed E-state index contributed by atoms with van der Waals surface area (Å²) in [5.41, 5.74) is 0. The fraction of sp³-hybridized carbons (Fsp3) is 1.00. The van der Waals surface area contributed by atoms with Gasteiger partial charge in [0.1, 0.15) is 0 Å². The summed E-state index contributed by atoms with van der Waals surface area (Å²) in [5, 5.41) is 0. The normalized spacial score (nSPS) is 10.4. The van der Waals surface area contributed by atoms with Gasteiger partial charge in [-0.05, 0) is 0 Å². The largest absolute Gasteiger partial charge is 1.00 e. The van der Waals surface area contributed by atoms with Crippen molar-refractivity contribution in [3.63, 3.8) is 0 Å². The third kappa shape index (κ3) is 12.4. The van der Waals surface area contributed by atoms with E-state index in [0.717, 1.165) is 0 Å². The molecule has 9 heavy (non-hydrogen) atoms. The number of alkyl halides is 1. The first-order chi connectivity index (χ1) is 3.56. The Morgan fingerprint density at radius 1 is 1.67 bits per heavy atom. The molecule has 0 unspecified atom stereocenters. The molecule has 0 rings (SSSR count). The van der Waals surface area contributed by atoms with Crippen LogP contribution in [0.25, 0.3) is 0 Å². The van der Waals surface area contributed by atoms with Gasteiger partial charge < -0.3 is 1.43 Å². The van der Waals surface area contributed by atoms with Gasteiger partial charge in [-0.3, -0.25) is 4.55 Å². The van der Waals surface area contributed by atoms with Crippen LogP contribution < -0.4 is 29.6 Å². The summed E-state index contributed by atoms with van der Waals surface area (Å²) >= 11 is 5.01. The van der Waals surface area contributed by atoms with E-state index in [0.29, 0.717) is 0 Å². The van der Waals surface area contributed by atoms with Crippen molar-refractivity contribution in [1.29, 1.82) is 0 Å². The van der Waals surface area contributed by atoms with Gasteiger partial charge in [0.2, 0.25) is 0 Å². The third-order valence-electron chi connectivity index (χ3n) is 0.309. The number of halogens is 1. The Balaban J connectivity index is -0.000000245. The van der Waals surface area contributed by atoms with Crippen LogP contribution >= 0.6 is 11.6 Å². The Labute approximate surface area is 82.3 Å². The molecule has 0 aliphatic heterocycles. The van der Waals surface area contributed by atoms with Crippen LogP contribution in [0, 0.1) is 0 Å². The van der Waals surface area contributed by atoms with E-state index >= 15 is 0 Å². The van der Waals surface area contributed by atoms with Crippen LogP contribution in [0.5, 0.6) is 0 Å². The monoisotopic (exact) mass is 184 g/mol. The molecule has 0 aromatic carbocycles. The first-order valence-corrected chi connectivity index (χ1v) is 3.64. The topological polar surface area (TPSA) is 63.6 Å². The van der Waals surface area contributed by atoms with Gasteiger partial charge in [-0.1, -0.05) is 0 Å². The van der Waals surface area contributed by atoms with Crippen LogP contribution in [0.3, 0.4) is 0 Å². The maximum atomic E-state index is 9.66. The minimum Gasteiger partial charge on any atom is -1.00 e. The molecular weight excluding hydrogens is 179 g/mol. The standard InChI is InChI=1S/C2H5ClO4S.Na.H/c3-1-2-7-8(4,5)6;;/h1-2H2,(H,4,5,6);;/q;+1;-1. The summed E-state index contributed by atoms with van der Waals surface area (Å²) in [6, 6.07) is 0. The van der Waals surface area contributed by atoms with Crippen molar-refractivity contribution >= 4 is 22.0 Å². The molecule has 0 saturated carbocycles. The molecule has 0 bridgehead atoms. The van der Waals surface area contributed by atoms with E-state index in [1.54, 1.807) is 0 Å². The van der Waals surface area contributed by atoms with Gasteiger partial charge >= 0.3 is 40.0 Å². The van der Waals surface area contributed by atoms with Crippen molar-refractivity contribution in [2.75, 3.05) is 12.5 Å². The van der Waals surface area contributed by atoms with Gasteiger partial charge in [0.15, 0.2) is 0 Å². The van der Waals surface area contributed by atoms with Gasteiger partial charge in [0.05, 0.1) is 6.61 Å². The van der Waals surface area contributed by atoms with E-state index in [1.807, 2.05) is 0 Å². The molecule has 0 atom stereocenters. The van der Waals surface area contributed by atoms with E-state index in [4.69, 9.17) is 16.2 Å². The summed E-state index contributed by atoms with van der Waals surface area (Å²) in [6.45, 7) is -0.194. The summed E-state index contributed by atoms with van der Waals surface area (Å²) in [6.07, 6.45) is 0. The Kier molecular flexibility index (Phi) is 8.41. The van der Waals surface area contributed by atoms with Crippen LogP contribution in [0.4, 0.5) is 0 Å². The Hall–Kier alpha value is 1.16. The second-order valence-corrected chi connectivity index (χ2v) is 2.41. The molecule has 0 amide bonds. The average Bonchev–Trinajstić information content (AvgIpc) is 1.59. The summed E-state index contributed by atoms with van der Waals surface area (Å²) in [7, 11) is -4.27. The SMILES string of the molecule is O=S(=O)(O)OCCCl.[H-].[Na+]. The fourth-order valence-electron chi connectivity index (χ4n) is 0.137. The van der Waals surface area contributed by atoms with Crippen molar-refractivity contribution in [1.82, 2.24) is 0 Å². The molecular formula is C2H6ClNaO4S. The zero-order valence-electron chi connectivity index (χ0n) is 5.87. The van der Waals surface area contributed by atoms with E-state index in [-0.39, 0.29) is 43.5 Å². The molecule has 0 spiro atoms. The summed E-state index contributed by atoms with van der Waals surface area (Å²) < 4.78 is 30.9. The third-order valence-corrected chi connectivity index (χ3v) is 0.928. The molecule has 0 fully saturated rings. The number of hydrogen-bond acceptors (Lipinski definition) is 3. The van der Waals surface area contributed by atoms with Gasteiger partial charge in [0, 0.05) is 5.88 Å². The van der Waals surface area contributed by atoms with Crippen molar-refractivity contribution in [3.8, 4) is 0 Å². The van der Waals surface area contributed by atoms with E-state index in [2.05, 4.69) is 4.18 Å². The average molecular weight is 185 g/mol. The second-order valence-electron chi connectivity index (χ2n) is 0.939. The molecule has 4 nitrogen and oxygen atoms in total. The predicted molar refractivity (Wildman–Crippen MR) is 29.3 cm³/mol. The number of rotatable bonds is 3. The van der Waals surface area contributed by atoms with Crippen LogP contribution in [0.15, 0.2) is 0 Å². The van der Waals surface area contributed by atoms with E-state index in [1.165, 1.54) is 0 Å². The van der Waals surface area contributed by atoms with Gasteiger partial charge in [-0.25, -0.2) is 4.18 Å². The van der Waals surface area contributed by atoms with Crippen molar-refractivity contribution in [2.24, 2.45) is 0 Å². The second kappa shape index (κ2) is 5.91. The molecule has 7 heteroatoms. The van der Waals surface area contributed by atoms with Crippen LogP contribution in [0.1, 0.15) is 1.43 Å². The zero-order chi connectivity index (χ0) is 6.62. The van der Waals surface area contributed by atoms with Gasteiger partial charge in [-0.15, -0.1) is 11.6 Å². The first-order valence-electron chi connectivity index (χ1n) is 1.74. The van der Waals surface area contributed by atoms with E-state index in [9.17, 15) is 8.42 Å². The van der Waals surface area contributed by atoms with Gasteiger partial charge in [0.25, 0.3) is 0 Å². The Morgan fingerprint density at radius 2 is 2.11 bits per heavy atom. The fourth-order valence-corrected chi connectivity index (χ4v) is 0.599. The van der Waals surface area contributed by atoms with Gasteiger partial charge in [-0.2, -0.15) is 8.42 Å². The Bertz CT molecular complexity index is 147. The molecule has 1 N–H and O–H groups in total.